The molecule has 76 valence electrons. The standard InChI is InChI=1S/C11H16N2O/c1-8(2)14-13-11(12)10-6-4-5-9(3)7-10/h4-8H,1-3H3,(H2,12,13). The first-order chi connectivity index (χ1) is 6.59. The molecule has 0 amide bonds. The van der Waals surface area contributed by atoms with E-state index in [1.807, 2.05) is 45.0 Å². The molecule has 0 heterocycles. The summed E-state index contributed by atoms with van der Waals surface area (Å²) in [6.45, 7) is 5.83. The van der Waals surface area contributed by atoms with Gasteiger partial charge in [-0.1, -0.05) is 28.9 Å². The minimum Gasteiger partial charge on any atom is -0.391 e. The normalized spacial score (nSPS) is 11.9. The minimum atomic E-state index is 0.0540. The molecule has 0 radical (unpaired) electrons. The predicted molar refractivity (Wildman–Crippen MR) is 58.1 cm³/mol. The lowest BCUT2D eigenvalue weighted by Gasteiger charge is -2.04. The first-order valence-corrected chi connectivity index (χ1v) is 4.66. The average molecular weight is 192 g/mol. The smallest absolute Gasteiger partial charge is 0.170 e. The lowest BCUT2D eigenvalue weighted by molar-refractivity contribution is 0.0858. The van der Waals surface area contributed by atoms with Crippen LogP contribution in [0, 0.1) is 6.92 Å². The largest absolute Gasteiger partial charge is 0.391 e. The van der Waals surface area contributed by atoms with Crippen molar-refractivity contribution in [3.8, 4) is 0 Å². The van der Waals surface area contributed by atoms with E-state index in [2.05, 4.69) is 5.16 Å². The second-order valence-corrected chi connectivity index (χ2v) is 3.50. The van der Waals surface area contributed by atoms with E-state index >= 15 is 0 Å². The van der Waals surface area contributed by atoms with Gasteiger partial charge in [-0.15, -0.1) is 0 Å². The number of aryl methyl sites for hydroxylation is 1. The van der Waals surface area contributed by atoms with Crippen molar-refractivity contribution in [3.05, 3.63) is 35.4 Å². The summed E-state index contributed by atoms with van der Waals surface area (Å²) in [4.78, 5) is 5.06. The molecular weight excluding hydrogens is 176 g/mol. The van der Waals surface area contributed by atoms with E-state index in [4.69, 9.17) is 10.6 Å². The first kappa shape index (κ1) is 10.6. The van der Waals surface area contributed by atoms with Crippen LogP contribution in [-0.4, -0.2) is 11.9 Å². The summed E-state index contributed by atoms with van der Waals surface area (Å²) < 4.78 is 0. The zero-order valence-electron chi connectivity index (χ0n) is 8.82. The van der Waals surface area contributed by atoms with Gasteiger partial charge in [-0.05, 0) is 26.8 Å². The second kappa shape index (κ2) is 4.65. The van der Waals surface area contributed by atoms with Gasteiger partial charge in [-0.2, -0.15) is 0 Å². The van der Waals surface area contributed by atoms with E-state index in [0.29, 0.717) is 5.84 Å². The average Bonchev–Trinajstić information content (AvgIpc) is 2.14. The van der Waals surface area contributed by atoms with Crippen molar-refractivity contribution in [2.45, 2.75) is 26.9 Å². The Morgan fingerprint density at radius 3 is 2.71 bits per heavy atom. The topological polar surface area (TPSA) is 47.6 Å². The van der Waals surface area contributed by atoms with Gasteiger partial charge in [-0.3, -0.25) is 0 Å². The Bertz CT molecular complexity index is 332. The Kier molecular flexibility index (Phi) is 3.51. The van der Waals surface area contributed by atoms with Crippen LogP contribution < -0.4 is 5.73 Å². The van der Waals surface area contributed by atoms with Crippen LogP contribution in [0.25, 0.3) is 0 Å². The number of benzene rings is 1. The summed E-state index contributed by atoms with van der Waals surface area (Å²) >= 11 is 0. The molecular formula is C11H16N2O. The van der Waals surface area contributed by atoms with Crippen LogP contribution in [0.4, 0.5) is 0 Å². The minimum absolute atomic E-state index is 0.0540. The fourth-order valence-electron chi connectivity index (χ4n) is 1.02. The van der Waals surface area contributed by atoms with Gasteiger partial charge in [-0.25, -0.2) is 0 Å². The van der Waals surface area contributed by atoms with Gasteiger partial charge >= 0.3 is 0 Å². The maximum Gasteiger partial charge on any atom is 0.170 e. The number of hydrogen-bond donors (Lipinski definition) is 1. The van der Waals surface area contributed by atoms with Crippen LogP contribution in [0.1, 0.15) is 25.0 Å². The van der Waals surface area contributed by atoms with Crippen molar-refractivity contribution in [1.82, 2.24) is 0 Å². The highest BCUT2D eigenvalue weighted by atomic mass is 16.6. The fraction of sp³-hybridized carbons (Fsp3) is 0.364. The van der Waals surface area contributed by atoms with Crippen molar-refractivity contribution >= 4 is 5.84 Å². The zero-order valence-corrected chi connectivity index (χ0v) is 8.82. The maximum atomic E-state index is 5.74. The van der Waals surface area contributed by atoms with Crippen molar-refractivity contribution in [2.75, 3.05) is 0 Å². The van der Waals surface area contributed by atoms with Crippen LogP contribution in [0.5, 0.6) is 0 Å². The number of rotatable bonds is 3. The van der Waals surface area contributed by atoms with Crippen LogP contribution in [0.3, 0.4) is 0 Å². The molecule has 3 heteroatoms. The first-order valence-electron chi connectivity index (χ1n) is 4.66. The maximum absolute atomic E-state index is 5.74. The molecule has 0 bridgehead atoms. The quantitative estimate of drug-likeness (QED) is 0.452. The van der Waals surface area contributed by atoms with Crippen LogP contribution in [-0.2, 0) is 4.84 Å². The fourth-order valence-corrected chi connectivity index (χ4v) is 1.02. The zero-order chi connectivity index (χ0) is 10.6. The Hall–Kier alpha value is -1.51. The van der Waals surface area contributed by atoms with Gasteiger partial charge in [0, 0.05) is 5.56 Å². The summed E-state index contributed by atoms with van der Waals surface area (Å²) in [5.74, 6) is 0.419. The van der Waals surface area contributed by atoms with Crippen molar-refractivity contribution in [2.24, 2.45) is 10.9 Å². The molecule has 0 unspecified atom stereocenters. The molecule has 0 fully saturated rings. The number of nitrogens with two attached hydrogens (primary N) is 1. The predicted octanol–water partition coefficient (Wildman–Crippen LogP) is 2.04. The molecule has 1 aromatic rings. The molecule has 14 heavy (non-hydrogen) atoms. The van der Waals surface area contributed by atoms with Crippen molar-refractivity contribution in [3.63, 3.8) is 0 Å². The summed E-state index contributed by atoms with van der Waals surface area (Å²) in [5, 5.41) is 3.83. The molecule has 1 aromatic carbocycles. The lowest BCUT2D eigenvalue weighted by atomic mass is 10.1. The third kappa shape index (κ3) is 3.09. The highest BCUT2D eigenvalue weighted by molar-refractivity contribution is 5.97. The summed E-state index contributed by atoms with van der Waals surface area (Å²) in [6, 6.07) is 7.85. The molecule has 1 rings (SSSR count). The van der Waals surface area contributed by atoms with Gasteiger partial charge in [0.2, 0.25) is 0 Å². The monoisotopic (exact) mass is 192 g/mol. The van der Waals surface area contributed by atoms with E-state index in [9.17, 15) is 0 Å². The van der Waals surface area contributed by atoms with Crippen molar-refractivity contribution < 1.29 is 4.84 Å². The second-order valence-electron chi connectivity index (χ2n) is 3.50. The van der Waals surface area contributed by atoms with Gasteiger partial charge in [0.05, 0.1) is 0 Å². The SMILES string of the molecule is Cc1cccc(/C(N)=N/OC(C)C)c1. The molecule has 0 saturated heterocycles. The van der Waals surface area contributed by atoms with E-state index < -0.39 is 0 Å². The van der Waals surface area contributed by atoms with Gasteiger partial charge in [0.15, 0.2) is 5.84 Å². The van der Waals surface area contributed by atoms with Gasteiger partial charge in [0.25, 0.3) is 0 Å². The Morgan fingerprint density at radius 1 is 1.43 bits per heavy atom. The molecule has 0 aromatic heterocycles. The molecule has 3 nitrogen and oxygen atoms in total. The van der Waals surface area contributed by atoms with E-state index in [0.717, 1.165) is 11.1 Å². The van der Waals surface area contributed by atoms with E-state index in [-0.39, 0.29) is 6.10 Å². The van der Waals surface area contributed by atoms with Gasteiger partial charge in [0.1, 0.15) is 6.10 Å². The van der Waals surface area contributed by atoms with E-state index in [1.54, 1.807) is 0 Å². The Balaban J connectivity index is 2.78. The summed E-state index contributed by atoms with van der Waals surface area (Å²) in [5.41, 5.74) is 7.79. The molecule has 0 aliphatic carbocycles. The lowest BCUT2D eigenvalue weighted by Crippen LogP contribution is -2.15. The number of oxime groups is 1. The van der Waals surface area contributed by atoms with Crippen molar-refractivity contribution in [1.29, 1.82) is 0 Å². The Morgan fingerprint density at radius 2 is 2.14 bits per heavy atom. The summed E-state index contributed by atoms with van der Waals surface area (Å²) in [6.07, 6.45) is 0.0540. The third-order valence-electron chi connectivity index (χ3n) is 1.68. The third-order valence-corrected chi connectivity index (χ3v) is 1.68. The Labute approximate surface area is 84.6 Å². The number of nitrogens with zero attached hydrogens (tertiary/aromatic N) is 1. The van der Waals surface area contributed by atoms with Gasteiger partial charge < -0.3 is 10.6 Å². The molecule has 0 aliphatic heterocycles. The number of amidine groups is 1. The highest BCUT2D eigenvalue weighted by Gasteiger charge is 1.99. The summed E-state index contributed by atoms with van der Waals surface area (Å²) in [7, 11) is 0. The molecule has 0 saturated carbocycles. The highest BCUT2D eigenvalue weighted by Crippen LogP contribution is 2.03. The van der Waals surface area contributed by atoms with Crippen LogP contribution in [0.15, 0.2) is 29.4 Å². The number of hydrogen-bond acceptors (Lipinski definition) is 2. The molecule has 2 N–H and O–H groups in total. The molecule has 0 atom stereocenters. The van der Waals surface area contributed by atoms with E-state index in [1.165, 1.54) is 0 Å². The van der Waals surface area contributed by atoms with Crippen LogP contribution in [0.2, 0.25) is 0 Å². The molecule has 0 aliphatic rings. The van der Waals surface area contributed by atoms with Crippen LogP contribution >= 0.6 is 0 Å². The molecule has 0 spiro atoms.